The number of ether oxygens (including phenoxy) is 1. The molecule has 0 aliphatic heterocycles. The number of carboxylic acid groups (broad SMARTS) is 2. The van der Waals surface area contributed by atoms with E-state index in [0.717, 1.165) is 24.4 Å². The molecule has 28 heavy (non-hydrogen) atoms. The first kappa shape index (κ1) is 23.9. The van der Waals surface area contributed by atoms with Crippen LogP contribution in [0.5, 0.6) is 5.75 Å². The number of carbonyl (C=O) groups is 2. The molecule has 0 spiro atoms. The van der Waals surface area contributed by atoms with E-state index >= 15 is 0 Å². The van der Waals surface area contributed by atoms with E-state index in [1.807, 2.05) is 40.2 Å². The third-order valence-corrected chi connectivity index (χ3v) is 4.43. The molecule has 0 amide bonds. The maximum absolute atomic E-state index is 11.9. The Kier molecular flexibility index (Phi) is 10.5. The van der Waals surface area contributed by atoms with Gasteiger partial charge in [0.2, 0.25) is 0 Å². The van der Waals surface area contributed by atoms with Gasteiger partial charge >= 0.3 is 11.9 Å². The minimum Gasteiger partial charge on any atom is -0.494 e. The number of carboxylic acids is 2. The maximum atomic E-state index is 11.9. The minimum atomic E-state index is -1.03. The van der Waals surface area contributed by atoms with Crippen LogP contribution >= 0.6 is 0 Å². The second-order valence-electron chi connectivity index (χ2n) is 7.11. The van der Waals surface area contributed by atoms with Crippen molar-refractivity contribution < 1.29 is 24.5 Å². The average Bonchev–Trinajstić information content (AvgIpc) is 2.62. The molecule has 0 bridgehead atoms. The van der Waals surface area contributed by atoms with Crippen molar-refractivity contribution in [2.75, 3.05) is 60.5 Å². The fourth-order valence-corrected chi connectivity index (χ4v) is 2.78. The van der Waals surface area contributed by atoms with Gasteiger partial charge in [0.05, 0.1) is 13.2 Å². The van der Waals surface area contributed by atoms with E-state index in [-0.39, 0.29) is 13.0 Å². The fraction of sp³-hybridized carbons (Fsp3) is 0.600. The van der Waals surface area contributed by atoms with Gasteiger partial charge in [-0.15, -0.1) is 0 Å². The summed E-state index contributed by atoms with van der Waals surface area (Å²) in [5, 5.41) is 19.0. The van der Waals surface area contributed by atoms with Crippen LogP contribution in [0, 0.1) is 0 Å². The van der Waals surface area contributed by atoms with E-state index in [2.05, 4.69) is 9.80 Å². The highest BCUT2D eigenvalue weighted by Crippen LogP contribution is 2.15. The molecule has 1 aromatic rings. The van der Waals surface area contributed by atoms with E-state index in [0.29, 0.717) is 19.7 Å². The van der Waals surface area contributed by atoms with Gasteiger partial charge in [-0.3, -0.25) is 14.5 Å². The van der Waals surface area contributed by atoms with Crippen molar-refractivity contribution in [2.45, 2.75) is 19.4 Å². The summed E-state index contributed by atoms with van der Waals surface area (Å²) in [4.78, 5) is 28.8. The van der Waals surface area contributed by atoms with Gasteiger partial charge in [-0.2, -0.15) is 0 Å². The molecule has 0 saturated heterocycles. The van der Waals surface area contributed by atoms with Crippen LogP contribution in [0.15, 0.2) is 24.3 Å². The number of aliphatic carboxylic acids is 2. The molecule has 0 aliphatic rings. The van der Waals surface area contributed by atoms with E-state index < -0.39 is 18.0 Å². The molecule has 8 nitrogen and oxygen atoms in total. The normalized spacial score (nSPS) is 12.5. The Labute approximate surface area is 167 Å². The molecule has 0 aromatic heterocycles. The van der Waals surface area contributed by atoms with Crippen molar-refractivity contribution in [3.8, 4) is 5.75 Å². The average molecular weight is 396 g/mol. The standard InChI is InChI=1S/C20H33N3O5/c1-5-28-17-8-6-16(7-9-17)14-18(20(26)27)23(15-19(24)25)13-12-22(4)11-10-21(2)3/h6-9,18H,5,10-15H2,1-4H3,(H,24,25)(H,26,27). The number of nitrogens with zero attached hydrogens (tertiary/aromatic N) is 3. The van der Waals surface area contributed by atoms with Crippen LogP contribution in [-0.4, -0.2) is 103 Å². The topological polar surface area (TPSA) is 93.6 Å². The second-order valence-corrected chi connectivity index (χ2v) is 7.11. The first-order chi connectivity index (χ1) is 13.2. The molecule has 0 radical (unpaired) electrons. The Morgan fingerprint density at radius 3 is 2.11 bits per heavy atom. The van der Waals surface area contributed by atoms with Gasteiger partial charge < -0.3 is 24.7 Å². The largest absolute Gasteiger partial charge is 0.494 e. The second kappa shape index (κ2) is 12.3. The minimum absolute atomic E-state index is 0.233. The summed E-state index contributed by atoms with van der Waals surface area (Å²) in [5.41, 5.74) is 0.826. The van der Waals surface area contributed by atoms with Crippen LogP contribution in [0.4, 0.5) is 0 Å². The van der Waals surface area contributed by atoms with E-state index in [1.165, 1.54) is 4.90 Å². The highest BCUT2D eigenvalue weighted by Gasteiger charge is 2.27. The monoisotopic (exact) mass is 395 g/mol. The smallest absolute Gasteiger partial charge is 0.321 e. The quantitative estimate of drug-likeness (QED) is 0.481. The number of hydrogen-bond donors (Lipinski definition) is 2. The molecule has 1 aromatic carbocycles. The molecule has 1 atom stereocenters. The zero-order valence-corrected chi connectivity index (χ0v) is 17.3. The van der Waals surface area contributed by atoms with Crippen LogP contribution in [0.1, 0.15) is 12.5 Å². The van der Waals surface area contributed by atoms with Gasteiger partial charge in [-0.25, -0.2) is 0 Å². The van der Waals surface area contributed by atoms with E-state index in [9.17, 15) is 19.8 Å². The number of rotatable bonds is 14. The summed E-state index contributed by atoms with van der Waals surface area (Å²) in [6.45, 7) is 4.81. The van der Waals surface area contributed by atoms with Crippen LogP contribution in [0.3, 0.4) is 0 Å². The molecule has 2 N–H and O–H groups in total. The third-order valence-electron chi connectivity index (χ3n) is 4.43. The molecule has 0 saturated carbocycles. The Hall–Kier alpha value is -2.16. The number of benzene rings is 1. The lowest BCUT2D eigenvalue weighted by Crippen LogP contribution is -2.48. The summed E-state index contributed by atoms with van der Waals surface area (Å²) >= 11 is 0. The lowest BCUT2D eigenvalue weighted by molar-refractivity contribution is -0.146. The van der Waals surface area contributed by atoms with Gasteiger partial charge in [0.15, 0.2) is 0 Å². The molecule has 158 valence electrons. The molecule has 0 aliphatic carbocycles. The maximum Gasteiger partial charge on any atom is 0.321 e. The van der Waals surface area contributed by atoms with Crippen LogP contribution in [0.2, 0.25) is 0 Å². The fourth-order valence-electron chi connectivity index (χ4n) is 2.78. The molecule has 1 rings (SSSR count). The molecule has 8 heteroatoms. The number of likely N-dealkylation sites (N-methyl/N-ethyl adjacent to an activating group) is 2. The van der Waals surface area contributed by atoms with Crippen LogP contribution in [0.25, 0.3) is 0 Å². The summed E-state index contributed by atoms with van der Waals surface area (Å²) < 4.78 is 5.40. The molecule has 0 fully saturated rings. The Morgan fingerprint density at radius 1 is 1.00 bits per heavy atom. The first-order valence-electron chi connectivity index (χ1n) is 9.46. The van der Waals surface area contributed by atoms with Gasteiger partial charge in [-0.1, -0.05) is 12.1 Å². The van der Waals surface area contributed by atoms with E-state index in [1.54, 1.807) is 12.1 Å². The van der Waals surface area contributed by atoms with Crippen molar-refractivity contribution >= 4 is 11.9 Å². The molecule has 1 unspecified atom stereocenters. The highest BCUT2D eigenvalue weighted by molar-refractivity contribution is 5.76. The summed E-state index contributed by atoms with van der Waals surface area (Å²) in [5.74, 6) is -1.33. The van der Waals surface area contributed by atoms with Crippen molar-refractivity contribution in [3.63, 3.8) is 0 Å². The highest BCUT2D eigenvalue weighted by atomic mass is 16.5. The van der Waals surface area contributed by atoms with Crippen molar-refractivity contribution in [2.24, 2.45) is 0 Å². The van der Waals surface area contributed by atoms with Crippen molar-refractivity contribution in [1.29, 1.82) is 0 Å². The predicted molar refractivity (Wildman–Crippen MR) is 108 cm³/mol. The van der Waals surface area contributed by atoms with Crippen molar-refractivity contribution in [3.05, 3.63) is 29.8 Å². The summed E-state index contributed by atoms with van der Waals surface area (Å²) in [6, 6.07) is 6.34. The van der Waals surface area contributed by atoms with Gasteiger partial charge in [-0.05, 0) is 52.2 Å². The molecular formula is C20H33N3O5. The Bertz CT molecular complexity index is 606. The molecular weight excluding hydrogens is 362 g/mol. The van der Waals surface area contributed by atoms with Gasteiger partial charge in [0.1, 0.15) is 11.8 Å². The van der Waals surface area contributed by atoms with Crippen LogP contribution < -0.4 is 4.74 Å². The third kappa shape index (κ3) is 9.16. The zero-order valence-electron chi connectivity index (χ0n) is 17.3. The summed E-state index contributed by atoms with van der Waals surface area (Å²) in [6.07, 6.45) is 0.233. The van der Waals surface area contributed by atoms with Crippen LogP contribution in [-0.2, 0) is 16.0 Å². The SMILES string of the molecule is CCOc1ccc(CC(C(=O)O)N(CCN(C)CCN(C)C)CC(=O)O)cc1. The van der Waals surface area contributed by atoms with Crippen molar-refractivity contribution in [1.82, 2.24) is 14.7 Å². The molecule has 0 heterocycles. The Morgan fingerprint density at radius 2 is 1.61 bits per heavy atom. The predicted octanol–water partition coefficient (Wildman–Crippen LogP) is 0.961. The van der Waals surface area contributed by atoms with E-state index in [4.69, 9.17) is 4.74 Å². The lowest BCUT2D eigenvalue weighted by atomic mass is 10.0. The van der Waals surface area contributed by atoms with Gasteiger partial charge in [0.25, 0.3) is 0 Å². The first-order valence-corrected chi connectivity index (χ1v) is 9.46. The number of hydrogen-bond acceptors (Lipinski definition) is 6. The lowest BCUT2D eigenvalue weighted by Gasteiger charge is -2.29. The Balaban J connectivity index is 2.80. The van der Waals surface area contributed by atoms with Gasteiger partial charge in [0, 0.05) is 26.2 Å². The zero-order chi connectivity index (χ0) is 21.1. The summed E-state index contributed by atoms with van der Waals surface area (Å²) in [7, 11) is 5.92.